The van der Waals surface area contributed by atoms with Crippen molar-refractivity contribution in [3.8, 4) is 0 Å². The fourth-order valence-corrected chi connectivity index (χ4v) is 3.49. The Labute approximate surface area is 181 Å². The summed E-state index contributed by atoms with van der Waals surface area (Å²) in [6, 6.07) is 6.81. The summed E-state index contributed by atoms with van der Waals surface area (Å²) >= 11 is 0. The number of anilines is 1. The van der Waals surface area contributed by atoms with Crippen LogP contribution in [0.3, 0.4) is 0 Å². The lowest BCUT2D eigenvalue weighted by atomic mass is 10.0. The number of aromatic nitrogens is 1. The zero-order chi connectivity index (χ0) is 23.2. The van der Waals surface area contributed by atoms with Crippen LogP contribution in [0.1, 0.15) is 49.3 Å². The molecule has 0 aliphatic heterocycles. The van der Waals surface area contributed by atoms with Crippen molar-refractivity contribution in [3.05, 3.63) is 64.7 Å². The molecular weight excluding hydrogens is 424 g/mol. The number of pyridine rings is 1. The van der Waals surface area contributed by atoms with Crippen molar-refractivity contribution < 1.29 is 22.0 Å². The van der Waals surface area contributed by atoms with Gasteiger partial charge < -0.3 is 5.32 Å². The highest BCUT2D eigenvalue weighted by atomic mass is 32.2. The second-order valence-electron chi connectivity index (χ2n) is 7.75. The van der Waals surface area contributed by atoms with Gasteiger partial charge in [0.1, 0.15) is 12.5 Å². The molecule has 0 aliphatic rings. The number of hydrogen-bond donors (Lipinski definition) is 2. The maximum atomic E-state index is 14.2. The summed E-state index contributed by atoms with van der Waals surface area (Å²) in [4.78, 5) is 16.6. The molecular formula is C22H27F2N3O3S. The first-order valence-corrected chi connectivity index (χ1v) is 11.7. The summed E-state index contributed by atoms with van der Waals surface area (Å²) in [6.07, 6.45) is 4.55. The Kier molecular flexibility index (Phi) is 8.27. The monoisotopic (exact) mass is 451 g/mol. The predicted octanol–water partition coefficient (Wildman–Crippen LogP) is 4.15. The van der Waals surface area contributed by atoms with Gasteiger partial charge in [0.25, 0.3) is 0 Å². The molecule has 1 atom stereocenters. The third-order valence-electron chi connectivity index (χ3n) is 4.37. The molecule has 0 aliphatic carbocycles. The Morgan fingerprint density at radius 2 is 1.90 bits per heavy atom. The van der Waals surface area contributed by atoms with Gasteiger partial charge in [-0.1, -0.05) is 26.0 Å². The highest BCUT2D eigenvalue weighted by Crippen LogP contribution is 2.21. The van der Waals surface area contributed by atoms with Gasteiger partial charge in [-0.15, -0.1) is 0 Å². The van der Waals surface area contributed by atoms with Crippen LogP contribution in [0.2, 0.25) is 0 Å². The number of alkyl halides is 1. The van der Waals surface area contributed by atoms with Crippen LogP contribution in [-0.2, 0) is 27.9 Å². The zero-order valence-electron chi connectivity index (χ0n) is 17.9. The fraction of sp³-hybridized carbons (Fsp3) is 0.364. The van der Waals surface area contributed by atoms with E-state index in [4.69, 9.17) is 0 Å². The average molecular weight is 452 g/mol. The van der Waals surface area contributed by atoms with E-state index in [2.05, 4.69) is 15.0 Å². The van der Waals surface area contributed by atoms with E-state index in [0.717, 1.165) is 17.5 Å². The minimum absolute atomic E-state index is 0.161. The van der Waals surface area contributed by atoms with Crippen LogP contribution in [0.25, 0.3) is 6.08 Å². The number of hydrogen-bond acceptors (Lipinski definition) is 4. The van der Waals surface area contributed by atoms with Gasteiger partial charge in [-0.2, -0.15) is 0 Å². The van der Waals surface area contributed by atoms with Gasteiger partial charge >= 0.3 is 0 Å². The Balaban J connectivity index is 2.10. The van der Waals surface area contributed by atoms with E-state index in [-0.39, 0.29) is 5.69 Å². The van der Waals surface area contributed by atoms with Crippen LogP contribution in [0.5, 0.6) is 0 Å². The number of carbonyl (C=O) groups excluding carboxylic acids is 1. The van der Waals surface area contributed by atoms with E-state index in [0.29, 0.717) is 23.6 Å². The Morgan fingerprint density at radius 1 is 1.19 bits per heavy atom. The molecule has 0 spiro atoms. The van der Waals surface area contributed by atoms with Gasteiger partial charge in [-0.3, -0.25) is 14.5 Å². The van der Waals surface area contributed by atoms with Crippen molar-refractivity contribution >= 4 is 27.7 Å². The molecule has 1 aromatic carbocycles. The smallest absolute Gasteiger partial charge is 0.244 e. The molecule has 0 unspecified atom stereocenters. The molecule has 1 amide bonds. The molecule has 0 fully saturated rings. The van der Waals surface area contributed by atoms with Gasteiger partial charge in [0.2, 0.25) is 15.9 Å². The second-order valence-corrected chi connectivity index (χ2v) is 9.50. The minimum Gasteiger partial charge on any atom is -0.346 e. The van der Waals surface area contributed by atoms with E-state index in [1.807, 2.05) is 13.8 Å². The fourth-order valence-electron chi connectivity index (χ4n) is 2.93. The van der Waals surface area contributed by atoms with Crippen molar-refractivity contribution in [3.63, 3.8) is 0 Å². The third-order valence-corrected chi connectivity index (χ3v) is 4.96. The number of carbonyl (C=O) groups is 1. The summed E-state index contributed by atoms with van der Waals surface area (Å²) in [5.74, 6) is -0.813. The molecule has 168 valence electrons. The lowest BCUT2D eigenvalue weighted by Gasteiger charge is -2.15. The molecule has 0 bridgehead atoms. The number of rotatable bonds is 9. The minimum atomic E-state index is -3.60. The van der Waals surface area contributed by atoms with Gasteiger partial charge in [-0.25, -0.2) is 17.2 Å². The lowest BCUT2D eigenvalue weighted by molar-refractivity contribution is -0.117. The molecule has 2 aromatic rings. The van der Waals surface area contributed by atoms with Gasteiger partial charge in [0.15, 0.2) is 0 Å². The maximum Gasteiger partial charge on any atom is 0.244 e. The second kappa shape index (κ2) is 10.5. The first-order chi connectivity index (χ1) is 14.5. The largest absolute Gasteiger partial charge is 0.346 e. The normalized spacial score (nSPS) is 12.9. The van der Waals surface area contributed by atoms with Gasteiger partial charge in [0.05, 0.1) is 23.7 Å². The molecule has 1 aromatic heterocycles. The highest BCUT2D eigenvalue weighted by Gasteiger charge is 2.13. The van der Waals surface area contributed by atoms with Crippen molar-refractivity contribution in [2.75, 3.05) is 11.0 Å². The van der Waals surface area contributed by atoms with Crippen LogP contribution in [0, 0.1) is 11.7 Å². The number of halogens is 2. The quantitative estimate of drug-likeness (QED) is 0.561. The van der Waals surface area contributed by atoms with Crippen LogP contribution in [0.4, 0.5) is 14.5 Å². The Bertz CT molecular complexity index is 1070. The number of benzene rings is 1. The average Bonchev–Trinajstić information content (AvgIpc) is 2.67. The van der Waals surface area contributed by atoms with Crippen LogP contribution >= 0.6 is 0 Å². The summed E-state index contributed by atoms with van der Waals surface area (Å²) in [7, 11) is -3.60. The Morgan fingerprint density at radius 3 is 2.48 bits per heavy atom. The summed E-state index contributed by atoms with van der Waals surface area (Å²) in [5, 5.41) is 2.73. The summed E-state index contributed by atoms with van der Waals surface area (Å²) < 4.78 is 51.7. The number of sulfonamides is 1. The molecule has 0 saturated heterocycles. The topological polar surface area (TPSA) is 88.2 Å². The number of nitrogens with one attached hydrogen (secondary N) is 2. The van der Waals surface area contributed by atoms with Gasteiger partial charge in [-0.05, 0) is 54.7 Å². The molecule has 9 heteroatoms. The number of amides is 1. The van der Waals surface area contributed by atoms with E-state index in [1.165, 1.54) is 24.3 Å². The van der Waals surface area contributed by atoms with E-state index >= 15 is 0 Å². The molecule has 0 saturated carbocycles. The van der Waals surface area contributed by atoms with Crippen LogP contribution < -0.4 is 10.0 Å². The van der Waals surface area contributed by atoms with Crippen molar-refractivity contribution in [2.45, 2.75) is 39.9 Å². The summed E-state index contributed by atoms with van der Waals surface area (Å²) in [6.45, 7) is 5.09. The van der Waals surface area contributed by atoms with Gasteiger partial charge in [0, 0.05) is 11.8 Å². The van der Waals surface area contributed by atoms with Crippen molar-refractivity contribution in [1.82, 2.24) is 10.3 Å². The van der Waals surface area contributed by atoms with Crippen LogP contribution in [0.15, 0.2) is 36.4 Å². The molecule has 0 radical (unpaired) electrons. The SMILES string of the molecule is CC(C)Cc1nc(CF)ccc1/C=C/C(=O)N[C@H](C)c1ccc(NS(C)(=O)=O)c(F)c1. The number of nitrogens with zero attached hydrogens (tertiary/aromatic N) is 1. The molecule has 1 heterocycles. The third kappa shape index (κ3) is 7.75. The highest BCUT2D eigenvalue weighted by molar-refractivity contribution is 7.92. The van der Waals surface area contributed by atoms with E-state index in [1.54, 1.807) is 25.1 Å². The zero-order valence-corrected chi connectivity index (χ0v) is 18.8. The van der Waals surface area contributed by atoms with E-state index in [9.17, 15) is 22.0 Å². The first kappa shape index (κ1) is 24.5. The lowest BCUT2D eigenvalue weighted by Crippen LogP contribution is -2.24. The van der Waals surface area contributed by atoms with Crippen molar-refractivity contribution in [2.24, 2.45) is 5.92 Å². The maximum absolute atomic E-state index is 14.2. The summed E-state index contributed by atoms with van der Waals surface area (Å²) in [5.41, 5.74) is 2.12. The molecule has 31 heavy (non-hydrogen) atoms. The first-order valence-electron chi connectivity index (χ1n) is 9.79. The van der Waals surface area contributed by atoms with E-state index < -0.39 is 34.5 Å². The molecule has 2 rings (SSSR count). The van der Waals surface area contributed by atoms with Crippen LogP contribution in [-0.4, -0.2) is 25.6 Å². The molecule has 6 nitrogen and oxygen atoms in total. The predicted molar refractivity (Wildman–Crippen MR) is 118 cm³/mol. The van der Waals surface area contributed by atoms with Crippen molar-refractivity contribution in [1.29, 1.82) is 0 Å². The Hall–Kier alpha value is -2.81. The standard InChI is InChI=1S/C22H27F2N3O3S/c1-14(2)11-21-16(5-8-18(13-23)26-21)7-10-22(28)25-15(3)17-6-9-20(19(24)12-17)27-31(4,29)30/h5-10,12,14-15,27H,11,13H2,1-4H3,(H,25,28)/b10-7+/t15-/m1/s1. The molecule has 2 N–H and O–H groups in total.